The van der Waals surface area contributed by atoms with E-state index in [2.05, 4.69) is 19.2 Å². The SMILES string of the molecule is Cc1ccc(C(C)(O)CNC(=O)C(C)(C)CC(C)C)o1. The van der Waals surface area contributed by atoms with Gasteiger partial charge in [-0.3, -0.25) is 4.79 Å². The third-order valence-corrected chi connectivity index (χ3v) is 3.40. The monoisotopic (exact) mass is 281 g/mol. The molecular weight excluding hydrogens is 254 g/mol. The van der Waals surface area contributed by atoms with Crippen molar-refractivity contribution in [1.29, 1.82) is 0 Å². The summed E-state index contributed by atoms with van der Waals surface area (Å²) in [6.45, 7) is 11.6. The van der Waals surface area contributed by atoms with E-state index < -0.39 is 11.0 Å². The molecule has 0 bridgehead atoms. The summed E-state index contributed by atoms with van der Waals surface area (Å²) < 4.78 is 5.43. The van der Waals surface area contributed by atoms with Gasteiger partial charge in [0.05, 0.1) is 6.54 Å². The fraction of sp³-hybridized carbons (Fsp3) is 0.688. The maximum atomic E-state index is 12.2. The van der Waals surface area contributed by atoms with Crippen LogP contribution in [0.4, 0.5) is 0 Å². The highest BCUT2D eigenvalue weighted by Crippen LogP contribution is 2.26. The lowest BCUT2D eigenvalue weighted by Gasteiger charge is -2.28. The molecule has 1 heterocycles. The van der Waals surface area contributed by atoms with Gasteiger partial charge in [-0.05, 0) is 38.3 Å². The van der Waals surface area contributed by atoms with E-state index in [4.69, 9.17) is 4.42 Å². The summed E-state index contributed by atoms with van der Waals surface area (Å²) in [6.07, 6.45) is 0.806. The number of hydrogen-bond donors (Lipinski definition) is 2. The Kier molecular flexibility index (Phi) is 5.03. The summed E-state index contributed by atoms with van der Waals surface area (Å²) in [5, 5.41) is 13.2. The summed E-state index contributed by atoms with van der Waals surface area (Å²) >= 11 is 0. The van der Waals surface area contributed by atoms with Gasteiger partial charge in [0.25, 0.3) is 0 Å². The van der Waals surface area contributed by atoms with Crippen LogP contribution in [0.25, 0.3) is 0 Å². The number of hydrogen-bond acceptors (Lipinski definition) is 3. The van der Waals surface area contributed by atoms with Crippen molar-refractivity contribution in [2.75, 3.05) is 6.54 Å². The molecule has 1 aromatic rings. The Balaban J connectivity index is 2.64. The Morgan fingerprint density at radius 3 is 2.40 bits per heavy atom. The molecule has 1 unspecified atom stereocenters. The minimum atomic E-state index is -1.20. The normalized spacial score (nSPS) is 15.2. The van der Waals surface area contributed by atoms with Crippen molar-refractivity contribution < 1.29 is 14.3 Å². The van der Waals surface area contributed by atoms with Crippen molar-refractivity contribution in [3.8, 4) is 0 Å². The molecule has 20 heavy (non-hydrogen) atoms. The van der Waals surface area contributed by atoms with Gasteiger partial charge >= 0.3 is 0 Å². The predicted octanol–water partition coefficient (Wildman–Crippen LogP) is 2.98. The molecule has 1 aromatic heterocycles. The highest BCUT2D eigenvalue weighted by Gasteiger charge is 2.32. The number of nitrogens with one attached hydrogen (secondary N) is 1. The van der Waals surface area contributed by atoms with Crippen LogP contribution in [0.5, 0.6) is 0 Å². The molecule has 2 N–H and O–H groups in total. The van der Waals surface area contributed by atoms with E-state index in [1.165, 1.54) is 0 Å². The molecule has 0 aromatic carbocycles. The lowest BCUT2D eigenvalue weighted by atomic mass is 9.83. The van der Waals surface area contributed by atoms with Gasteiger partial charge < -0.3 is 14.8 Å². The average molecular weight is 281 g/mol. The third-order valence-electron chi connectivity index (χ3n) is 3.40. The largest absolute Gasteiger partial charge is 0.463 e. The van der Waals surface area contributed by atoms with Crippen LogP contribution >= 0.6 is 0 Å². The molecule has 1 amide bonds. The van der Waals surface area contributed by atoms with Gasteiger partial charge in [0, 0.05) is 5.41 Å². The van der Waals surface area contributed by atoms with E-state index in [1.807, 2.05) is 20.8 Å². The zero-order chi connectivity index (χ0) is 15.6. The Hall–Kier alpha value is -1.29. The molecule has 1 atom stereocenters. The second-order valence-electron chi connectivity index (χ2n) is 6.85. The molecule has 0 aliphatic rings. The molecular formula is C16H27NO3. The van der Waals surface area contributed by atoms with Gasteiger partial charge in [0.1, 0.15) is 17.1 Å². The number of carbonyl (C=O) groups excluding carboxylic acids is 1. The lowest BCUT2D eigenvalue weighted by Crippen LogP contribution is -2.44. The maximum absolute atomic E-state index is 12.2. The van der Waals surface area contributed by atoms with Crippen LogP contribution in [-0.4, -0.2) is 17.6 Å². The van der Waals surface area contributed by atoms with Crippen molar-refractivity contribution >= 4 is 5.91 Å². The summed E-state index contributed by atoms with van der Waals surface area (Å²) in [6, 6.07) is 3.54. The van der Waals surface area contributed by atoms with Gasteiger partial charge in [-0.25, -0.2) is 0 Å². The maximum Gasteiger partial charge on any atom is 0.225 e. The van der Waals surface area contributed by atoms with E-state index in [0.717, 1.165) is 12.2 Å². The molecule has 1 rings (SSSR count). The molecule has 0 saturated carbocycles. The highest BCUT2D eigenvalue weighted by molar-refractivity contribution is 5.81. The molecule has 0 spiro atoms. The quantitative estimate of drug-likeness (QED) is 0.842. The summed E-state index contributed by atoms with van der Waals surface area (Å²) in [5.41, 5.74) is -1.64. The van der Waals surface area contributed by atoms with Crippen LogP contribution in [0.2, 0.25) is 0 Å². The smallest absolute Gasteiger partial charge is 0.225 e. The molecule has 0 radical (unpaired) electrons. The number of furan rings is 1. The number of rotatable bonds is 6. The second-order valence-corrected chi connectivity index (χ2v) is 6.85. The molecule has 0 aliphatic carbocycles. The Morgan fingerprint density at radius 2 is 1.95 bits per heavy atom. The number of aliphatic hydroxyl groups is 1. The average Bonchev–Trinajstić information content (AvgIpc) is 2.71. The fourth-order valence-electron chi connectivity index (χ4n) is 2.42. The van der Waals surface area contributed by atoms with Crippen molar-refractivity contribution in [3.63, 3.8) is 0 Å². The van der Waals surface area contributed by atoms with E-state index >= 15 is 0 Å². The van der Waals surface area contributed by atoms with Gasteiger partial charge in [-0.15, -0.1) is 0 Å². The van der Waals surface area contributed by atoms with Crippen molar-refractivity contribution in [3.05, 3.63) is 23.7 Å². The summed E-state index contributed by atoms with van der Waals surface area (Å²) in [5.74, 6) is 1.61. The molecule has 4 nitrogen and oxygen atoms in total. The van der Waals surface area contributed by atoms with Crippen LogP contribution in [0.15, 0.2) is 16.5 Å². The Labute approximate surface area is 121 Å². The van der Waals surface area contributed by atoms with Crippen LogP contribution in [0.3, 0.4) is 0 Å². The van der Waals surface area contributed by atoms with Gasteiger partial charge in [0.15, 0.2) is 0 Å². The van der Waals surface area contributed by atoms with Gasteiger partial charge in [0.2, 0.25) is 5.91 Å². The van der Waals surface area contributed by atoms with Crippen LogP contribution in [0.1, 0.15) is 52.6 Å². The molecule has 114 valence electrons. The second kappa shape index (κ2) is 6.00. The number of carbonyl (C=O) groups is 1. The van der Waals surface area contributed by atoms with Crippen molar-refractivity contribution in [1.82, 2.24) is 5.32 Å². The van der Waals surface area contributed by atoms with Gasteiger partial charge in [-0.2, -0.15) is 0 Å². The van der Waals surface area contributed by atoms with E-state index in [0.29, 0.717) is 11.7 Å². The molecule has 0 saturated heterocycles. The predicted molar refractivity (Wildman–Crippen MR) is 79.3 cm³/mol. The first-order valence-corrected chi connectivity index (χ1v) is 7.12. The zero-order valence-corrected chi connectivity index (χ0v) is 13.4. The van der Waals surface area contributed by atoms with E-state index in [1.54, 1.807) is 19.1 Å². The molecule has 4 heteroatoms. The highest BCUT2D eigenvalue weighted by atomic mass is 16.4. The van der Waals surface area contributed by atoms with Crippen LogP contribution in [0, 0.1) is 18.3 Å². The standard InChI is InChI=1S/C16H27NO3/c1-11(2)9-15(4,5)14(18)17-10-16(6,19)13-8-7-12(3)20-13/h7-8,11,19H,9-10H2,1-6H3,(H,17,18). The van der Waals surface area contributed by atoms with Crippen molar-refractivity contribution in [2.24, 2.45) is 11.3 Å². The minimum absolute atomic E-state index is 0.0465. The zero-order valence-electron chi connectivity index (χ0n) is 13.4. The Morgan fingerprint density at radius 1 is 1.35 bits per heavy atom. The minimum Gasteiger partial charge on any atom is -0.463 e. The first kappa shape index (κ1) is 16.8. The third kappa shape index (κ3) is 4.37. The van der Waals surface area contributed by atoms with Crippen LogP contribution < -0.4 is 5.32 Å². The van der Waals surface area contributed by atoms with Gasteiger partial charge in [-0.1, -0.05) is 27.7 Å². The number of aryl methyl sites for hydroxylation is 1. The summed E-state index contributed by atoms with van der Waals surface area (Å²) in [7, 11) is 0. The van der Waals surface area contributed by atoms with E-state index in [9.17, 15) is 9.90 Å². The Bertz CT molecular complexity index is 458. The number of amides is 1. The fourth-order valence-corrected chi connectivity index (χ4v) is 2.42. The topological polar surface area (TPSA) is 62.5 Å². The molecule has 0 aliphatic heterocycles. The first-order valence-electron chi connectivity index (χ1n) is 7.12. The summed E-state index contributed by atoms with van der Waals surface area (Å²) in [4.78, 5) is 12.2. The molecule has 0 fully saturated rings. The van der Waals surface area contributed by atoms with E-state index in [-0.39, 0.29) is 12.5 Å². The lowest BCUT2D eigenvalue weighted by molar-refractivity contribution is -0.131. The first-order chi connectivity index (χ1) is 9.04. The van der Waals surface area contributed by atoms with Crippen LogP contribution in [-0.2, 0) is 10.4 Å². The van der Waals surface area contributed by atoms with Crippen molar-refractivity contribution in [2.45, 2.75) is 53.6 Å².